The van der Waals surface area contributed by atoms with E-state index in [2.05, 4.69) is 57.5 Å². The fraction of sp³-hybridized carbons (Fsp3) is 0.444. The number of nitrogens with one attached hydrogen (secondary N) is 2. The van der Waals surface area contributed by atoms with Gasteiger partial charge >= 0.3 is 5.69 Å². The second kappa shape index (κ2) is 8.67. The summed E-state index contributed by atoms with van der Waals surface area (Å²) in [5.41, 5.74) is 8.38. The zero-order valence-electron chi connectivity index (χ0n) is 16.7. The first-order valence-corrected chi connectivity index (χ1v) is 11.4. The number of anilines is 2. The molecule has 0 aromatic carbocycles. The Morgan fingerprint density at radius 3 is 2.75 bits per heavy atom. The third kappa shape index (κ3) is 4.48. The zero-order valence-corrected chi connectivity index (χ0v) is 17.6. The van der Waals surface area contributed by atoms with Crippen molar-refractivity contribution in [3.05, 3.63) is 34.4 Å². The minimum absolute atomic E-state index is 0.255. The smallest absolute Gasteiger partial charge is 0.328 e. The van der Waals surface area contributed by atoms with Gasteiger partial charge in [-0.25, -0.2) is 19.7 Å². The summed E-state index contributed by atoms with van der Waals surface area (Å²) in [5, 5.41) is 3.30. The first kappa shape index (κ1) is 20.2. The molecule has 0 aliphatic carbocycles. The molecule has 150 valence electrons. The van der Waals surface area contributed by atoms with Crippen molar-refractivity contribution in [2.75, 3.05) is 51.1 Å². The molecule has 0 aliphatic rings. The highest BCUT2D eigenvalue weighted by Crippen LogP contribution is 2.23. The number of hydrogen-bond donors (Lipinski definition) is 3. The van der Waals surface area contributed by atoms with E-state index in [1.165, 1.54) is 0 Å². The minimum atomic E-state index is -0.519. The summed E-state index contributed by atoms with van der Waals surface area (Å²) in [7, 11) is 1.56. The van der Waals surface area contributed by atoms with Crippen LogP contribution in [0.1, 0.15) is 12.5 Å². The van der Waals surface area contributed by atoms with Crippen molar-refractivity contribution in [2.24, 2.45) is 0 Å². The van der Waals surface area contributed by atoms with Gasteiger partial charge in [-0.05, 0) is 46.5 Å². The van der Waals surface area contributed by atoms with Crippen LogP contribution in [0.3, 0.4) is 0 Å². The van der Waals surface area contributed by atoms with E-state index in [1.807, 2.05) is 12.1 Å². The molecule has 0 fully saturated rings. The van der Waals surface area contributed by atoms with Crippen LogP contribution in [0, 0.1) is 0 Å². The monoisotopic (exact) mass is 402 g/mol. The molecule has 0 saturated heterocycles. The molecule has 10 heteroatoms. The summed E-state index contributed by atoms with van der Waals surface area (Å²) in [6.45, 7) is 9.40. The Hall–Kier alpha value is -2.51. The number of fused-ring (bicyclic) bond motifs is 1. The molecule has 0 radical (unpaired) electrons. The number of imidazole rings is 1. The van der Waals surface area contributed by atoms with Crippen molar-refractivity contribution in [3.63, 3.8) is 0 Å². The van der Waals surface area contributed by atoms with Crippen LogP contribution < -0.4 is 22.3 Å². The third-order valence-electron chi connectivity index (χ3n) is 4.54. The van der Waals surface area contributed by atoms with Gasteiger partial charge in [0.05, 0.1) is 6.54 Å². The lowest BCUT2D eigenvalue weighted by Crippen LogP contribution is -2.24. The number of aromatic amines is 1. The fourth-order valence-corrected chi connectivity index (χ4v) is 3.33. The molecule has 3 aromatic heterocycles. The molecular formula is C18H27N8OP. The minimum Gasteiger partial charge on any atom is -0.382 e. The summed E-state index contributed by atoms with van der Waals surface area (Å²) in [4.78, 5) is 30.7. The number of nitrogens with two attached hydrogens (primary N) is 1. The third-order valence-corrected chi connectivity index (χ3v) is 5.54. The number of H-pyrrole nitrogens is 1. The first-order valence-electron chi connectivity index (χ1n) is 9.19. The van der Waals surface area contributed by atoms with Gasteiger partial charge in [0.2, 0.25) is 0 Å². The summed E-state index contributed by atoms with van der Waals surface area (Å²) in [5.74, 6) is 1.12. The molecule has 3 aromatic rings. The van der Waals surface area contributed by atoms with Gasteiger partial charge in [-0.3, -0.25) is 4.57 Å². The molecule has 0 unspecified atom stereocenters. The highest BCUT2D eigenvalue weighted by molar-refractivity contribution is 7.63. The molecule has 3 rings (SSSR count). The van der Waals surface area contributed by atoms with Crippen LogP contribution in [0.5, 0.6) is 0 Å². The molecule has 0 aliphatic heterocycles. The van der Waals surface area contributed by atoms with Gasteiger partial charge in [0.1, 0.15) is 11.3 Å². The van der Waals surface area contributed by atoms with Crippen LogP contribution in [0.2, 0.25) is 0 Å². The Morgan fingerprint density at radius 2 is 2.11 bits per heavy atom. The van der Waals surface area contributed by atoms with Crippen LogP contribution in [0.4, 0.5) is 11.6 Å². The largest absolute Gasteiger partial charge is 0.382 e. The van der Waals surface area contributed by atoms with Gasteiger partial charge in [0.25, 0.3) is 0 Å². The number of nitrogen functional groups attached to an aromatic ring is 1. The van der Waals surface area contributed by atoms with E-state index in [0.717, 1.165) is 31.0 Å². The molecule has 0 amide bonds. The van der Waals surface area contributed by atoms with E-state index in [-0.39, 0.29) is 5.69 Å². The SMILES string of the molecule is CCN(C)CCNc1ccc(Cn2c(=O)[nH]c3c(N)nc(P(C)C)nc32)cn1. The molecular weight excluding hydrogens is 375 g/mol. The topological polar surface area (TPSA) is 118 Å². The fourth-order valence-electron chi connectivity index (χ4n) is 2.72. The lowest BCUT2D eigenvalue weighted by atomic mass is 10.3. The molecule has 4 N–H and O–H groups in total. The maximum atomic E-state index is 12.4. The van der Waals surface area contributed by atoms with Crippen LogP contribution in [0.15, 0.2) is 23.1 Å². The van der Waals surface area contributed by atoms with Crippen molar-refractivity contribution >= 4 is 36.3 Å². The van der Waals surface area contributed by atoms with Gasteiger partial charge in [0, 0.05) is 19.3 Å². The Balaban J connectivity index is 1.79. The Morgan fingerprint density at radius 1 is 1.32 bits per heavy atom. The maximum Gasteiger partial charge on any atom is 0.328 e. The number of likely N-dealkylation sites (N-methyl/N-ethyl adjacent to an activating group) is 1. The number of nitrogens with zero attached hydrogens (tertiary/aromatic N) is 5. The van der Waals surface area contributed by atoms with E-state index < -0.39 is 7.92 Å². The highest BCUT2D eigenvalue weighted by Gasteiger charge is 2.15. The van der Waals surface area contributed by atoms with E-state index in [4.69, 9.17) is 5.73 Å². The molecule has 0 spiro atoms. The number of hydrogen-bond acceptors (Lipinski definition) is 7. The number of aromatic nitrogens is 5. The quantitative estimate of drug-likeness (QED) is 0.479. The van der Waals surface area contributed by atoms with E-state index in [0.29, 0.717) is 29.1 Å². The Bertz CT molecular complexity index is 995. The molecule has 28 heavy (non-hydrogen) atoms. The zero-order chi connectivity index (χ0) is 20.3. The van der Waals surface area contributed by atoms with Crippen LogP contribution in [0.25, 0.3) is 11.2 Å². The number of rotatable bonds is 8. The standard InChI is InChI=1S/C18H27N8OP/c1-5-25(2)9-8-20-13-7-6-12(10-21-13)11-26-16-14(22-18(26)27)15(19)23-17(24-16)28(3)4/h6-7,10H,5,8-9,11H2,1-4H3,(H,20,21)(H,22,27)(H2,19,23,24). The second-order valence-electron chi connectivity index (χ2n) is 6.89. The van der Waals surface area contributed by atoms with Gasteiger partial charge < -0.3 is 20.9 Å². The van der Waals surface area contributed by atoms with Crippen molar-refractivity contribution < 1.29 is 0 Å². The molecule has 0 saturated carbocycles. The van der Waals surface area contributed by atoms with E-state index in [9.17, 15) is 4.79 Å². The average molecular weight is 402 g/mol. The summed E-state index contributed by atoms with van der Waals surface area (Å²) in [6.07, 6.45) is 1.77. The molecule has 3 heterocycles. The van der Waals surface area contributed by atoms with Crippen molar-refractivity contribution in [1.29, 1.82) is 0 Å². The van der Waals surface area contributed by atoms with Gasteiger partial charge in [0.15, 0.2) is 17.0 Å². The van der Waals surface area contributed by atoms with Crippen molar-refractivity contribution in [2.45, 2.75) is 13.5 Å². The Kier molecular flexibility index (Phi) is 6.26. The second-order valence-corrected chi connectivity index (χ2v) is 9.08. The Labute approximate surface area is 165 Å². The first-order chi connectivity index (χ1) is 13.4. The predicted octanol–water partition coefficient (Wildman–Crippen LogP) is 0.876. The van der Waals surface area contributed by atoms with Crippen molar-refractivity contribution in [1.82, 2.24) is 29.4 Å². The predicted molar refractivity (Wildman–Crippen MR) is 116 cm³/mol. The van der Waals surface area contributed by atoms with Gasteiger partial charge in [-0.2, -0.15) is 0 Å². The maximum absolute atomic E-state index is 12.4. The van der Waals surface area contributed by atoms with E-state index in [1.54, 1.807) is 10.8 Å². The lowest BCUT2D eigenvalue weighted by Gasteiger charge is -2.14. The normalized spacial score (nSPS) is 11.6. The van der Waals surface area contributed by atoms with Crippen molar-refractivity contribution in [3.8, 4) is 0 Å². The summed E-state index contributed by atoms with van der Waals surface area (Å²) < 4.78 is 1.58. The molecule has 0 bridgehead atoms. The number of pyridine rings is 1. The van der Waals surface area contributed by atoms with E-state index >= 15 is 0 Å². The van der Waals surface area contributed by atoms with Crippen LogP contribution in [-0.4, -0.2) is 69.4 Å². The summed E-state index contributed by atoms with van der Waals surface area (Å²) >= 11 is 0. The lowest BCUT2D eigenvalue weighted by molar-refractivity contribution is 0.367. The highest BCUT2D eigenvalue weighted by atomic mass is 31.1. The van der Waals surface area contributed by atoms with Gasteiger partial charge in [-0.1, -0.05) is 13.0 Å². The van der Waals surface area contributed by atoms with Crippen LogP contribution >= 0.6 is 7.92 Å². The summed E-state index contributed by atoms with van der Waals surface area (Å²) in [6, 6.07) is 3.88. The molecule has 0 atom stereocenters. The molecule has 9 nitrogen and oxygen atoms in total. The van der Waals surface area contributed by atoms with Crippen LogP contribution in [-0.2, 0) is 6.54 Å². The van der Waals surface area contributed by atoms with Gasteiger partial charge in [-0.15, -0.1) is 0 Å². The average Bonchev–Trinajstić information content (AvgIpc) is 2.99.